The molecule has 4 aliphatic rings. The highest BCUT2D eigenvalue weighted by Crippen LogP contribution is 2.62. The molecule has 6 atom stereocenters. The van der Waals surface area contributed by atoms with Gasteiger partial charge >= 0.3 is 0 Å². The first-order valence-electron chi connectivity index (χ1n) is 9.44. The summed E-state index contributed by atoms with van der Waals surface area (Å²) in [5.74, 6) is 5.13. The Labute approximate surface area is 136 Å². The third-order valence-electron chi connectivity index (χ3n) is 8.20. The summed E-state index contributed by atoms with van der Waals surface area (Å²) in [6, 6.07) is 0. The fraction of sp³-hybridized carbons (Fsp3) is 0.950. The first-order valence-corrected chi connectivity index (χ1v) is 9.85. The van der Waals surface area contributed by atoms with Crippen LogP contribution in [0.4, 0.5) is 0 Å². The van der Waals surface area contributed by atoms with Crippen LogP contribution in [0, 0.1) is 40.4 Å². The maximum Gasteiger partial charge on any atom is 0.00195 e. The Kier molecular flexibility index (Phi) is 3.35. The molecule has 118 valence electrons. The second-order valence-corrected chi connectivity index (χ2v) is 10.3. The van der Waals surface area contributed by atoms with Crippen LogP contribution in [0.3, 0.4) is 0 Å². The zero-order valence-corrected chi connectivity index (χ0v) is 15.0. The van der Waals surface area contributed by atoms with Crippen molar-refractivity contribution in [1.29, 1.82) is 0 Å². The second kappa shape index (κ2) is 4.79. The minimum absolute atomic E-state index is 0.442. The molecular formula is C20H32S. The number of rotatable bonds is 0. The normalized spacial score (nSPS) is 52.0. The number of hydrogen-bond donors (Lipinski definition) is 0. The Hall–Kier alpha value is 0.0900. The quantitative estimate of drug-likeness (QED) is 0.492. The van der Waals surface area contributed by atoms with Crippen LogP contribution in [-0.4, -0.2) is 4.86 Å². The number of fused-ring (bicyclic) bond motifs is 5. The van der Waals surface area contributed by atoms with E-state index >= 15 is 0 Å². The molecule has 0 saturated heterocycles. The maximum atomic E-state index is 5.77. The highest BCUT2D eigenvalue weighted by atomic mass is 32.1. The van der Waals surface area contributed by atoms with E-state index in [4.69, 9.17) is 12.2 Å². The molecule has 0 radical (unpaired) electrons. The first kappa shape index (κ1) is 14.7. The monoisotopic (exact) mass is 304 g/mol. The largest absolute Gasteiger partial charge is 0.0891 e. The topological polar surface area (TPSA) is 0 Å². The van der Waals surface area contributed by atoms with Gasteiger partial charge in [0.05, 0.1) is 0 Å². The Morgan fingerprint density at radius 2 is 1.62 bits per heavy atom. The van der Waals surface area contributed by atoms with E-state index in [2.05, 4.69) is 20.8 Å². The van der Waals surface area contributed by atoms with Gasteiger partial charge in [-0.05, 0) is 97.7 Å². The van der Waals surface area contributed by atoms with Crippen LogP contribution >= 0.6 is 12.2 Å². The average molecular weight is 305 g/mol. The van der Waals surface area contributed by atoms with Gasteiger partial charge in [-0.3, -0.25) is 0 Å². The van der Waals surface area contributed by atoms with Gasteiger partial charge in [0, 0.05) is 5.41 Å². The molecule has 4 saturated carbocycles. The average Bonchev–Trinajstić information content (AvgIpc) is 2.73. The minimum atomic E-state index is 0.442. The van der Waals surface area contributed by atoms with E-state index in [0.29, 0.717) is 10.8 Å². The lowest BCUT2D eigenvalue weighted by Gasteiger charge is -2.56. The van der Waals surface area contributed by atoms with Gasteiger partial charge in [-0.25, -0.2) is 0 Å². The summed E-state index contributed by atoms with van der Waals surface area (Å²) in [7, 11) is 0. The molecule has 4 fully saturated rings. The Bertz CT molecular complexity index is 451. The van der Waals surface area contributed by atoms with Crippen LogP contribution < -0.4 is 0 Å². The van der Waals surface area contributed by atoms with Gasteiger partial charge < -0.3 is 0 Å². The van der Waals surface area contributed by atoms with Crippen molar-refractivity contribution in [2.75, 3.05) is 0 Å². The molecule has 0 amide bonds. The molecule has 0 unspecified atom stereocenters. The van der Waals surface area contributed by atoms with E-state index in [-0.39, 0.29) is 0 Å². The van der Waals surface area contributed by atoms with Crippen molar-refractivity contribution in [2.24, 2.45) is 40.4 Å². The Balaban J connectivity index is 1.57. The molecule has 0 N–H and O–H groups in total. The van der Waals surface area contributed by atoms with Crippen molar-refractivity contribution < 1.29 is 0 Å². The van der Waals surface area contributed by atoms with Crippen molar-refractivity contribution in [2.45, 2.75) is 78.6 Å². The van der Waals surface area contributed by atoms with Gasteiger partial charge in [0.15, 0.2) is 0 Å². The summed E-state index contributed by atoms with van der Waals surface area (Å²) in [6.07, 6.45) is 13.1. The van der Waals surface area contributed by atoms with Crippen molar-refractivity contribution in [3.8, 4) is 0 Å². The molecule has 0 aliphatic heterocycles. The summed E-state index contributed by atoms with van der Waals surface area (Å²) in [5.41, 5.74) is 1.06. The zero-order valence-electron chi connectivity index (χ0n) is 14.2. The molecule has 0 spiro atoms. The highest BCUT2D eigenvalue weighted by molar-refractivity contribution is 7.80. The molecule has 0 bridgehead atoms. The van der Waals surface area contributed by atoms with Crippen LogP contribution in [0.5, 0.6) is 0 Å². The number of thiocarbonyl (C=S) groups is 1. The molecule has 1 heteroatoms. The molecule has 0 aromatic carbocycles. The summed E-state index contributed by atoms with van der Waals surface area (Å²) in [5, 5.41) is 0. The highest BCUT2D eigenvalue weighted by Gasteiger charge is 2.55. The third-order valence-corrected chi connectivity index (χ3v) is 8.87. The first-order chi connectivity index (χ1) is 9.91. The van der Waals surface area contributed by atoms with Crippen LogP contribution in [0.1, 0.15) is 78.6 Å². The second-order valence-electron chi connectivity index (χ2n) is 9.76. The predicted molar refractivity (Wildman–Crippen MR) is 93.5 cm³/mol. The summed E-state index contributed by atoms with van der Waals surface area (Å²) < 4.78 is 0. The molecule has 21 heavy (non-hydrogen) atoms. The molecule has 4 rings (SSSR count). The Morgan fingerprint density at radius 1 is 0.857 bits per heavy atom. The van der Waals surface area contributed by atoms with Crippen molar-refractivity contribution in [1.82, 2.24) is 0 Å². The third kappa shape index (κ3) is 2.17. The lowest BCUT2D eigenvalue weighted by molar-refractivity contribution is -0.0538. The van der Waals surface area contributed by atoms with Gasteiger partial charge in [0.1, 0.15) is 0 Å². The lowest BCUT2D eigenvalue weighted by Crippen LogP contribution is -2.49. The molecule has 0 heterocycles. The fourth-order valence-electron chi connectivity index (χ4n) is 7.08. The van der Waals surface area contributed by atoms with Gasteiger partial charge in [0.2, 0.25) is 0 Å². The van der Waals surface area contributed by atoms with E-state index in [1.54, 1.807) is 0 Å². The summed E-state index contributed by atoms with van der Waals surface area (Å²) in [4.78, 5) is 1.43. The smallest absolute Gasteiger partial charge is 0.00195 e. The van der Waals surface area contributed by atoms with Crippen LogP contribution in [0.2, 0.25) is 0 Å². The van der Waals surface area contributed by atoms with E-state index in [0.717, 1.165) is 29.6 Å². The van der Waals surface area contributed by atoms with Gasteiger partial charge in [-0.1, -0.05) is 33.0 Å². The van der Waals surface area contributed by atoms with E-state index in [1.807, 2.05) is 0 Å². The Morgan fingerprint density at radius 3 is 2.43 bits per heavy atom. The SMILES string of the molecule is CC1(C)CC[C@H]2[C@H](CC[C@@H]3[C@@H]2CC[C@]2(C)C(=S)CC[C@@H]32)C1. The van der Waals surface area contributed by atoms with Crippen molar-refractivity contribution >= 4 is 17.1 Å². The van der Waals surface area contributed by atoms with Crippen LogP contribution in [0.25, 0.3) is 0 Å². The van der Waals surface area contributed by atoms with Crippen molar-refractivity contribution in [3.05, 3.63) is 0 Å². The predicted octanol–water partition coefficient (Wildman–Crippen LogP) is 6.04. The molecule has 4 aliphatic carbocycles. The van der Waals surface area contributed by atoms with E-state index in [1.165, 1.54) is 62.7 Å². The minimum Gasteiger partial charge on any atom is -0.0891 e. The van der Waals surface area contributed by atoms with E-state index < -0.39 is 0 Å². The molecule has 0 aromatic heterocycles. The van der Waals surface area contributed by atoms with Crippen LogP contribution in [0.15, 0.2) is 0 Å². The van der Waals surface area contributed by atoms with Crippen molar-refractivity contribution in [3.63, 3.8) is 0 Å². The van der Waals surface area contributed by atoms with Crippen LogP contribution in [-0.2, 0) is 0 Å². The zero-order chi connectivity index (χ0) is 14.8. The maximum absolute atomic E-state index is 5.77. The molecule has 0 aromatic rings. The summed E-state index contributed by atoms with van der Waals surface area (Å²) in [6.45, 7) is 7.52. The fourth-order valence-corrected chi connectivity index (χ4v) is 7.45. The molecular weight excluding hydrogens is 272 g/mol. The molecule has 0 nitrogen and oxygen atoms in total. The summed E-state index contributed by atoms with van der Waals surface area (Å²) >= 11 is 5.77. The van der Waals surface area contributed by atoms with E-state index in [9.17, 15) is 0 Å². The number of hydrogen-bond acceptors (Lipinski definition) is 1. The van der Waals surface area contributed by atoms with Gasteiger partial charge in [-0.2, -0.15) is 0 Å². The van der Waals surface area contributed by atoms with Gasteiger partial charge in [0.25, 0.3) is 0 Å². The lowest BCUT2D eigenvalue weighted by atomic mass is 9.49. The van der Waals surface area contributed by atoms with Gasteiger partial charge in [-0.15, -0.1) is 0 Å². The standard InChI is InChI=1S/C20H32S/c1-19(2)10-8-14-13(12-19)4-5-16-15(14)9-11-20(3)17(16)6-7-18(20)21/h13-17H,4-12H2,1-3H3/t13-,14+,15-,16-,17+,20+/m1/s1.